The van der Waals surface area contributed by atoms with Gasteiger partial charge in [0.15, 0.2) is 0 Å². The smallest absolute Gasteiger partial charge is 0.252 e. The lowest BCUT2D eigenvalue weighted by atomic mass is 9.87. The molecule has 2 aromatic rings. The zero-order valence-corrected chi connectivity index (χ0v) is 22.6. The van der Waals surface area contributed by atoms with Crippen LogP contribution in [0.2, 0.25) is 0 Å². The van der Waals surface area contributed by atoms with E-state index in [4.69, 9.17) is 11.6 Å². The van der Waals surface area contributed by atoms with Crippen molar-refractivity contribution in [3.05, 3.63) is 83.7 Å². The van der Waals surface area contributed by atoms with E-state index in [-0.39, 0.29) is 35.1 Å². The first-order chi connectivity index (χ1) is 19.4. The molecule has 4 rings (SSSR count). The molecule has 13 heteroatoms. The van der Waals surface area contributed by atoms with Gasteiger partial charge in [0.05, 0.1) is 5.69 Å². The molecular formula is C28H26ClF4N5O3. The molecule has 8 nitrogen and oxygen atoms in total. The van der Waals surface area contributed by atoms with Crippen LogP contribution in [-0.2, 0) is 14.4 Å². The van der Waals surface area contributed by atoms with Crippen molar-refractivity contribution in [2.45, 2.75) is 56.7 Å². The van der Waals surface area contributed by atoms with Gasteiger partial charge in [-0.1, -0.05) is 30.3 Å². The summed E-state index contributed by atoms with van der Waals surface area (Å²) < 4.78 is 56.0. The Morgan fingerprint density at radius 3 is 2.41 bits per heavy atom. The first-order valence-electron chi connectivity index (χ1n) is 12.7. The summed E-state index contributed by atoms with van der Waals surface area (Å²) in [6.07, 6.45) is 5.94. The zero-order chi connectivity index (χ0) is 29.9. The number of alkyl halides is 2. The first kappa shape index (κ1) is 29.9. The van der Waals surface area contributed by atoms with Crippen molar-refractivity contribution in [3.8, 4) is 0 Å². The van der Waals surface area contributed by atoms with Gasteiger partial charge in [0.1, 0.15) is 23.7 Å². The Hall–Kier alpha value is -4.06. The molecule has 1 N–H and O–H groups in total. The quantitative estimate of drug-likeness (QED) is 0.333. The van der Waals surface area contributed by atoms with Gasteiger partial charge in [-0.25, -0.2) is 27.5 Å². The molecule has 0 unspecified atom stereocenters. The Morgan fingerprint density at radius 2 is 1.83 bits per heavy atom. The van der Waals surface area contributed by atoms with Gasteiger partial charge in [0, 0.05) is 48.8 Å². The van der Waals surface area contributed by atoms with Gasteiger partial charge >= 0.3 is 0 Å². The number of benzene rings is 1. The second-order valence-electron chi connectivity index (χ2n) is 9.64. The highest BCUT2D eigenvalue weighted by molar-refractivity contribution is 6.32. The SMILES string of the molecule is C=C(/C(Cl)=C\C=C/C)[C@@H](C(=O)NC1CC(F)(F)C1)N(C(=O)[C@@H]1CCC(=O)N1c1ncccn1)c1cc(F)cc(F)c1. The lowest BCUT2D eigenvalue weighted by Crippen LogP contribution is -2.59. The van der Waals surface area contributed by atoms with E-state index in [1.165, 1.54) is 30.6 Å². The molecule has 2 aliphatic rings. The van der Waals surface area contributed by atoms with Crippen LogP contribution in [0.1, 0.15) is 32.6 Å². The number of anilines is 2. The lowest BCUT2D eigenvalue weighted by Gasteiger charge is -2.39. The van der Waals surface area contributed by atoms with Gasteiger partial charge in [-0.05, 0) is 43.2 Å². The van der Waals surface area contributed by atoms with Gasteiger partial charge in [-0.15, -0.1) is 0 Å². The van der Waals surface area contributed by atoms with Crippen molar-refractivity contribution in [1.29, 1.82) is 0 Å². The van der Waals surface area contributed by atoms with E-state index in [1.807, 2.05) is 0 Å². The number of halogens is 5. The standard InChI is InChI=1S/C28H26ClF4N5O3/c1-3-4-6-21(29)16(2)24(25(40)36-19-14-28(32,33)15-19)37(20-12-17(30)11-18(31)13-20)26(41)22-7-8-23(39)38(22)27-34-9-5-10-35-27/h3-6,9-13,19,22,24H,2,7-8,14-15H2,1H3,(H,36,40)/b4-3-,21-6+/t22-,24-/m0/s1. The van der Waals surface area contributed by atoms with Crippen molar-refractivity contribution in [3.63, 3.8) is 0 Å². The average Bonchev–Trinajstić information content (AvgIpc) is 3.29. The van der Waals surface area contributed by atoms with Crippen LogP contribution in [0.5, 0.6) is 0 Å². The first-order valence-corrected chi connectivity index (χ1v) is 13.0. The maximum Gasteiger partial charge on any atom is 0.252 e. The second kappa shape index (κ2) is 12.2. The zero-order valence-electron chi connectivity index (χ0n) is 21.9. The van der Waals surface area contributed by atoms with Crippen LogP contribution in [0.3, 0.4) is 0 Å². The van der Waals surface area contributed by atoms with Gasteiger partial charge < -0.3 is 5.32 Å². The number of aromatic nitrogens is 2. The summed E-state index contributed by atoms with van der Waals surface area (Å²) >= 11 is 6.42. The molecule has 2 fully saturated rings. The highest BCUT2D eigenvalue weighted by atomic mass is 35.5. The van der Waals surface area contributed by atoms with E-state index >= 15 is 0 Å². The summed E-state index contributed by atoms with van der Waals surface area (Å²) in [6, 6.07) is -0.183. The van der Waals surface area contributed by atoms with Crippen LogP contribution >= 0.6 is 11.6 Å². The number of hydrogen-bond donors (Lipinski definition) is 1. The minimum Gasteiger partial charge on any atom is -0.351 e. The van der Waals surface area contributed by atoms with E-state index in [0.717, 1.165) is 21.9 Å². The summed E-state index contributed by atoms with van der Waals surface area (Å²) in [6.45, 7) is 5.57. The summed E-state index contributed by atoms with van der Waals surface area (Å²) in [4.78, 5) is 50.7. The Labute approximate surface area is 238 Å². The second-order valence-corrected chi connectivity index (χ2v) is 10.0. The fourth-order valence-electron chi connectivity index (χ4n) is 4.72. The van der Waals surface area contributed by atoms with Gasteiger partial charge in [0.25, 0.3) is 11.8 Å². The van der Waals surface area contributed by atoms with Crippen LogP contribution in [-0.4, -0.2) is 51.7 Å². The van der Waals surface area contributed by atoms with E-state index < -0.39 is 66.2 Å². The number of hydrogen-bond acceptors (Lipinski definition) is 5. The molecule has 2 atom stereocenters. The third-order valence-corrected chi connectivity index (χ3v) is 7.01. The van der Waals surface area contributed by atoms with Crippen LogP contribution in [0.15, 0.2) is 72.1 Å². The number of amides is 3. The number of nitrogens with zero attached hydrogens (tertiary/aromatic N) is 4. The summed E-state index contributed by atoms with van der Waals surface area (Å²) in [5.74, 6) is -7.50. The highest BCUT2D eigenvalue weighted by Gasteiger charge is 2.49. The molecule has 41 heavy (non-hydrogen) atoms. The lowest BCUT2D eigenvalue weighted by molar-refractivity contribution is -0.132. The van der Waals surface area contributed by atoms with Crippen LogP contribution in [0.25, 0.3) is 0 Å². The van der Waals surface area contributed by atoms with Crippen LogP contribution in [0.4, 0.5) is 29.2 Å². The van der Waals surface area contributed by atoms with Crippen molar-refractivity contribution >= 4 is 41.0 Å². The molecule has 1 aromatic heterocycles. The molecule has 1 aliphatic heterocycles. The molecule has 0 bridgehead atoms. The molecule has 1 aliphatic carbocycles. The summed E-state index contributed by atoms with van der Waals surface area (Å²) in [5, 5.41) is 2.39. The third kappa shape index (κ3) is 6.64. The molecule has 2 heterocycles. The third-order valence-electron chi connectivity index (χ3n) is 6.64. The number of rotatable bonds is 9. The molecule has 0 radical (unpaired) electrons. The molecule has 216 valence electrons. The predicted octanol–water partition coefficient (Wildman–Crippen LogP) is 4.82. The monoisotopic (exact) mass is 591 g/mol. The molecule has 1 saturated carbocycles. The Morgan fingerprint density at radius 1 is 1.20 bits per heavy atom. The highest BCUT2D eigenvalue weighted by Crippen LogP contribution is 2.38. The van der Waals surface area contributed by atoms with E-state index in [0.29, 0.717) is 6.07 Å². The van der Waals surface area contributed by atoms with E-state index in [1.54, 1.807) is 13.0 Å². The molecular weight excluding hydrogens is 566 g/mol. The van der Waals surface area contributed by atoms with Crippen LogP contribution in [0, 0.1) is 11.6 Å². The number of carbonyl (C=O) groups excluding carboxylic acids is 3. The minimum atomic E-state index is -2.96. The largest absolute Gasteiger partial charge is 0.351 e. The predicted molar refractivity (Wildman–Crippen MR) is 144 cm³/mol. The number of carbonyl (C=O) groups is 3. The number of nitrogens with one attached hydrogen (secondary N) is 1. The molecule has 1 aromatic carbocycles. The van der Waals surface area contributed by atoms with Gasteiger partial charge in [0.2, 0.25) is 17.8 Å². The van der Waals surface area contributed by atoms with Crippen molar-refractivity contribution in [1.82, 2.24) is 15.3 Å². The Balaban J connectivity index is 1.83. The normalized spacial score (nSPS) is 19.7. The molecule has 3 amide bonds. The fourth-order valence-corrected chi connectivity index (χ4v) is 4.90. The molecule has 0 spiro atoms. The van der Waals surface area contributed by atoms with Crippen molar-refractivity contribution in [2.24, 2.45) is 0 Å². The van der Waals surface area contributed by atoms with E-state index in [2.05, 4.69) is 21.9 Å². The van der Waals surface area contributed by atoms with Crippen LogP contribution < -0.4 is 15.1 Å². The number of allylic oxidation sites excluding steroid dienone is 3. The Bertz CT molecular complexity index is 1390. The van der Waals surface area contributed by atoms with E-state index in [9.17, 15) is 31.9 Å². The maximum absolute atomic E-state index is 14.5. The van der Waals surface area contributed by atoms with Gasteiger partial charge in [-0.2, -0.15) is 0 Å². The minimum absolute atomic E-state index is 0.0258. The molecule has 1 saturated heterocycles. The Kier molecular flexibility index (Phi) is 8.91. The summed E-state index contributed by atoms with van der Waals surface area (Å²) in [5.41, 5.74) is -0.533. The van der Waals surface area contributed by atoms with Gasteiger partial charge in [-0.3, -0.25) is 24.2 Å². The maximum atomic E-state index is 14.5. The summed E-state index contributed by atoms with van der Waals surface area (Å²) in [7, 11) is 0. The van der Waals surface area contributed by atoms with Crippen molar-refractivity contribution in [2.75, 3.05) is 9.80 Å². The fraction of sp³-hybridized carbons (Fsp3) is 0.321. The average molecular weight is 592 g/mol. The van der Waals surface area contributed by atoms with Crippen molar-refractivity contribution < 1.29 is 31.9 Å². The topological polar surface area (TPSA) is 95.5 Å².